The molecule has 0 aromatic rings. The minimum atomic E-state index is 0.659. The summed E-state index contributed by atoms with van der Waals surface area (Å²) in [7, 11) is 0. The fourth-order valence-electron chi connectivity index (χ4n) is 2.99. The molecule has 0 amide bonds. The summed E-state index contributed by atoms with van der Waals surface area (Å²) in [4.78, 5) is 2.71. The van der Waals surface area contributed by atoms with E-state index in [0.29, 0.717) is 5.41 Å². The molecule has 2 fully saturated rings. The van der Waals surface area contributed by atoms with Crippen molar-refractivity contribution in [2.45, 2.75) is 39.5 Å². The van der Waals surface area contributed by atoms with Gasteiger partial charge in [-0.2, -0.15) is 0 Å². The van der Waals surface area contributed by atoms with Crippen LogP contribution >= 0.6 is 0 Å². The van der Waals surface area contributed by atoms with Crippen molar-refractivity contribution in [3.8, 4) is 0 Å². The summed E-state index contributed by atoms with van der Waals surface area (Å²) in [5.41, 5.74) is 0.659. The van der Waals surface area contributed by atoms with Crippen LogP contribution in [0.2, 0.25) is 0 Å². The van der Waals surface area contributed by atoms with Crippen molar-refractivity contribution < 1.29 is 0 Å². The van der Waals surface area contributed by atoms with Gasteiger partial charge in [-0.05, 0) is 50.2 Å². The highest BCUT2D eigenvalue weighted by Gasteiger charge is 2.33. The van der Waals surface area contributed by atoms with E-state index in [2.05, 4.69) is 24.1 Å². The number of rotatable bonds is 2. The molecule has 2 nitrogen and oxygen atoms in total. The summed E-state index contributed by atoms with van der Waals surface area (Å²) in [6.07, 6.45) is 5.69. The molecule has 0 aromatic carbocycles. The molecule has 1 saturated heterocycles. The topological polar surface area (TPSA) is 15.3 Å². The summed E-state index contributed by atoms with van der Waals surface area (Å²) in [5, 5.41) is 3.52. The van der Waals surface area contributed by atoms with E-state index in [1.165, 1.54) is 58.4 Å². The van der Waals surface area contributed by atoms with Gasteiger partial charge in [0, 0.05) is 13.1 Å². The van der Waals surface area contributed by atoms with Gasteiger partial charge in [-0.25, -0.2) is 0 Å². The van der Waals surface area contributed by atoms with Crippen LogP contribution < -0.4 is 5.32 Å². The van der Waals surface area contributed by atoms with Crippen molar-refractivity contribution in [2.75, 3.05) is 32.7 Å². The maximum Gasteiger partial charge on any atom is 0.00355 e. The van der Waals surface area contributed by atoms with Gasteiger partial charge in [-0.15, -0.1) is 0 Å². The van der Waals surface area contributed by atoms with E-state index in [1.807, 2.05) is 0 Å². The highest BCUT2D eigenvalue weighted by molar-refractivity contribution is 4.87. The van der Waals surface area contributed by atoms with Crippen molar-refractivity contribution in [3.05, 3.63) is 0 Å². The SMILES string of the molecule is CC1CNCCCN(CC2(C)CCC2)C1. The third-order valence-corrected chi connectivity index (χ3v) is 4.06. The Morgan fingerprint density at radius 3 is 2.80 bits per heavy atom. The molecule has 1 aliphatic heterocycles. The normalized spacial score (nSPS) is 32.8. The molecule has 1 atom stereocenters. The molecule has 0 radical (unpaired) electrons. The Hall–Kier alpha value is -0.0800. The van der Waals surface area contributed by atoms with Gasteiger partial charge in [0.1, 0.15) is 0 Å². The number of hydrogen-bond donors (Lipinski definition) is 1. The minimum absolute atomic E-state index is 0.659. The molecule has 2 heteroatoms. The van der Waals surface area contributed by atoms with E-state index >= 15 is 0 Å². The lowest BCUT2D eigenvalue weighted by molar-refractivity contribution is 0.0731. The monoisotopic (exact) mass is 210 g/mol. The van der Waals surface area contributed by atoms with Gasteiger partial charge < -0.3 is 10.2 Å². The summed E-state index contributed by atoms with van der Waals surface area (Å²) >= 11 is 0. The van der Waals surface area contributed by atoms with Gasteiger partial charge in [0.25, 0.3) is 0 Å². The van der Waals surface area contributed by atoms with Crippen LogP contribution in [0.25, 0.3) is 0 Å². The smallest absolute Gasteiger partial charge is 0.00355 e. The molecular formula is C13H26N2. The molecule has 0 spiro atoms. The standard InChI is InChI=1S/C13H26N2/c1-12-9-14-7-4-8-15(10-12)11-13(2)5-3-6-13/h12,14H,3-11H2,1-2H3. The van der Waals surface area contributed by atoms with Crippen LogP contribution in [0.1, 0.15) is 39.5 Å². The van der Waals surface area contributed by atoms with E-state index in [9.17, 15) is 0 Å². The predicted molar refractivity (Wildman–Crippen MR) is 65.0 cm³/mol. The first-order chi connectivity index (χ1) is 7.18. The Bertz CT molecular complexity index is 199. The lowest BCUT2D eigenvalue weighted by Crippen LogP contribution is -2.45. The van der Waals surface area contributed by atoms with Crippen LogP contribution in [0.4, 0.5) is 0 Å². The van der Waals surface area contributed by atoms with Crippen LogP contribution in [0.5, 0.6) is 0 Å². The summed E-state index contributed by atoms with van der Waals surface area (Å²) in [6, 6.07) is 0. The second-order valence-electron chi connectivity index (χ2n) is 6.06. The van der Waals surface area contributed by atoms with Crippen LogP contribution in [-0.2, 0) is 0 Å². The van der Waals surface area contributed by atoms with Crippen molar-refractivity contribution in [1.29, 1.82) is 0 Å². The Kier molecular flexibility index (Phi) is 3.68. The third kappa shape index (κ3) is 3.18. The molecule has 1 heterocycles. The van der Waals surface area contributed by atoms with Crippen molar-refractivity contribution in [2.24, 2.45) is 11.3 Å². The highest BCUT2D eigenvalue weighted by atomic mass is 15.1. The zero-order valence-corrected chi connectivity index (χ0v) is 10.4. The molecule has 0 bridgehead atoms. The molecule has 1 unspecified atom stereocenters. The molecule has 88 valence electrons. The Morgan fingerprint density at radius 1 is 1.33 bits per heavy atom. The van der Waals surface area contributed by atoms with Gasteiger partial charge in [0.05, 0.1) is 0 Å². The zero-order chi connectivity index (χ0) is 10.7. The first-order valence-corrected chi connectivity index (χ1v) is 6.61. The Morgan fingerprint density at radius 2 is 2.13 bits per heavy atom. The molecule has 0 aromatic heterocycles. The second kappa shape index (κ2) is 4.84. The largest absolute Gasteiger partial charge is 0.316 e. The molecule has 1 N–H and O–H groups in total. The third-order valence-electron chi connectivity index (χ3n) is 4.06. The zero-order valence-electron chi connectivity index (χ0n) is 10.4. The van der Waals surface area contributed by atoms with Gasteiger partial charge in [-0.3, -0.25) is 0 Å². The van der Waals surface area contributed by atoms with E-state index < -0.39 is 0 Å². The van der Waals surface area contributed by atoms with Crippen LogP contribution in [0.3, 0.4) is 0 Å². The van der Waals surface area contributed by atoms with Gasteiger partial charge in [0.15, 0.2) is 0 Å². The van der Waals surface area contributed by atoms with E-state index in [1.54, 1.807) is 0 Å². The van der Waals surface area contributed by atoms with Gasteiger partial charge in [0.2, 0.25) is 0 Å². The first kappa shape index (κ1) is 11.4. The lowest BCUT2D eigenvalue weighted by Gasteiger charge is -2.43. The molecule has 1 saturated carbocycles. The number of hydrogen-bond acceptors (Lipinski definition) is 2. The fourth-order valence-corrected chi connectivity index (χ4v) is 2.99. The molecular weight excluding hydrogens is 184 g/mol. The summed E-state index contributed by atoms with van der Waals surface area (Å²) in [6.45, 7) is 11.2. The van der Waals surface area contributed by atoms with Crippen molar-refractivity contribution >= 4 is 0 Å². The van der Waals surface area contributed by atoms with E-state index in [0.717, 1.165) is 5.92 Å². The van der Waals surface area contributed by atoms with Crippen LogP contribution in [0, 0.1) is 11.3 Å². The average molecular weight is 210 g/mol. The maximum atomic E-state index is 3.52. The van der Waals surface area contributed by atoms with Crippen molar-refractivity contribution in [3.63, 3.8) is 0 Å². The van der Waals surface area contributed by atoms with E-state index in [-0.39, 0.29) is 0 Å². The minimum Gasteiger partial charge on any atom is -0.316 e. The number of nitrogens with zero attached hydrogens (tertiary/aromatic N) is 1. The Labute approximate surface area is 94.4 Å². The summed E-state index contributed by atoms with van der Waals surface area (Å²) < 4.78 is 0. The second-order valence-corrected chi connectivity index (χ2v) is 6.06. The fraction of sp³-hybridized carbons (Fsp3) is 1.00. The van der Waals surface area contributed by atoms with Crippen LogP contribution in [-0.4, -0.2) is 37.6 Å². The highest BCUT2D eigenvalue weighted by Crippen LogP contribution is 2.40. The number of nitrogens with one attached hydrogen (secondary N) is 1. The lowest BCUT2D eigenvalue weighted by atomic mass is 9.70. The van der Waals surface area contributed by atoms with E-state index in [4.69, 9.17) is 0 Å². The summed E-state index contributed by atoms with van der Waals surface area (Å²) in [5.74, 6) is 0.814. The van der Waals surface area contributed by atoms with Crippen molar-refractivity contribution in [1.82, 2.24) is 10.2 Å². The quantitative estimate of drug-likeness (QED) is 0.751. The van der Waals surface area contributed by atoms with Gasteiger partial charge in [-0.1, -0.05) is 20.3 Å². The molecule has 2 aliphatic rings. The van der Waals surface area contributed by atoms with Gasteiger partial charge >= 0.3 is 0 Å². The predicted octanol–water partition coefficient (Wildman–Crippen LogP) is 2.11. The maximum absolute atomic E-state index is 3.52. The first-order valence-electron chi connectivity index (χ1n) is 6.61. The molecule has 1 aliphatic carbocycles. The van der Waals surface area contributed by atoms with Crippen LogP contribution in [0.15, 0.2) is 0 Å². The molecule has 15 heavy (non-hydrogen) atoms. The molecule has 2 rings (SSSR count). The Balaban J connectivity index is 1.82. The average Bonchev–Trinajstić information content (AvgIpc) is 2.11.